The van der Waals surface area contributed by atoms with E-state index in [2.05, 4.69) is 15.2 Å². The zero-order valence-corrected chi connectivity index (χ0v) is 15.3. The molecule has 0 unspecified atom stereocenters. The van der Waals surface area contributed by atoms with Crippen LogP contribution in [0.2, 0.25) is 10.0 Å². The number of hydrogen-bond acceptors (Lipinski definition) is 4. The number of anilines is 2. The lowest BCUT2D eigenvalue weighted by Gasteiger charge is -2.32. The van der Waals surface area contributed by atoms with Crippen molar-refractivity contribution < 1.29 is 9.53 Å². The first kappa shape index (κ1) is 17.8. The smallest absolute Gasteiger partial charge is 0.227 e. The molecule has 1 amide bonds. The second-order valence-corrected chi connectivity index (χ2v) is 6.80. The molecule has 0 bridgehead atoms. The Kier molecular flexibility index (Phi) is 5.66. The molecular weight excluding hydrogens is 361 g/mol. The Morgan fingerprint density at radius 1 is 1.20 bits per heavy atom. The molecule has 7 heteroatoms. The van der Waals surface area contributed by atoms with Gasteiger partial charge in [0.05, 0.1) is 17.8 Å². The molecule has 0 aliphatic carbocycles. The Bertz CT molecular complexity index is 744. The van der Waals surface area contributed by atoms with Crippen molar-refractivity contribution in [3.8, 4) is 5.75 Å². The van der Waals surface area contributed by atoms with Crippen molar-refractivity contribution >= 4 is 40.6 Å². The van der Waals surface area contributed by atoms with Crippen molar-refractivity contribution in [1.82, 2.24) is 4.98 Å². The molecule has 1 aromatic carbocycles. The van der Waals surface area contributed by atoms with Crippen LogP contribution in [-0.4, -0.2) is 31.1 Å². The van der Waals surface area contributed by atoms with Crippen molar-refractivity contribution in [1.29, 1.82) is 0 Å². The van der Waals surface area contributed by atoms with Gasteiger partial charge in [0.25, 0.3) is 0 Å². The molecule has 3 rings (SSSR count). The number of nitrogens with one attached hydrogen (secondary N) is 1. The number of carbonyl (C=O) groups is 1. The van der Waals surface area contributed by atoms with Crippen LogP contribution in [0.3, 0.4) is 0 Å². The molecule has 1 fully saturated rings. The Morgan fingerprint density at radius 2 is 1.92 bits per heavy atom. The lowest BCUT2D eigenvalue weighted by molar-refractivity contribution is -0.120. The van der Waals surface area contributed by atoms with Crippen molar-refractivity contribution in [2.24, 2.45) is 5.92 Å². The van der Waals surface area contributed by atoms with Crippen LogP contribution in [0.15, 0.2) is 36.5 Å². The highest BCUT2D eigenvalue weighted by atomic mass is 35.5. The number of amides is 1. The van der Waals surface area contributed by atoms with Gasteiger partial charge in [-0.2, -0.15) is 0 Å². The third-order valence-corrected chi connectivity index (χ3v) is 4.78. The lowest BCUT2D eigenvalue weighted by atomic mass is 9.95. The van der Waals surface area contributed by atoms with Gasteiger partial charge in [-0.05, 0) is 43.2 Å². The van der Waals surface area contributed by atoms with Gasteiger partial charge in [-0.25, -0.2) is 4.98 Å². The predicted octanol–water partition coefficient (Wildman–Crippen LogP) is 4.25. The maximum atomic E-state index is 12.6. The number of nitrogens with zero attached hydrogens (tertiary/aromatic N) is 2. The van der Waals surface area contributed by atoms with Crippen LogP contribution in [0.4, 0.5) is 11.5 Å². The number of benzene rings is 1. The van der Waals surface area contributed by atoms with E-state index >= 15 is 0 Å². The first-order valence-corrected chi connectivity index (χ1v) is 8.83. The maximum Gasteiger partial charge on any atom is 0.227 e. The molecule has 1 N–H and O–H groups in total. The summed E-state index contributed by atoms with van der Waals surface area (Å²) in [4.78, 5) is 19.1. The van der Waals surface area contributed by atoms with E-state index in [0.717, 1.165) is 31.7 Å². The summed E-state index contributed by atoms with van der Waals surface area (Å²) in [5.41, 5.74) is 0.599. The average molecular weight is 380 g/mol. The van der Waals surface area contributed by atoms with E-state index < -0.39 is 0 Å². The third-order valence-electron chi connectivity index (χ3n) is 4.32. The molecule has 1 aliphatic heterocycles. The van der Waals surface area contributed by atoms with Crippen LogP contribution < -0.4 is 15.0 Å². The van der Waals surface area contributed by atoms with Crippen LogP contribution in [-0.2, 0) is 4.79 Å². The minimum absolute atomic E-state index is 0.00992. The summed E-state index contributed by atoms with van der Waals surface area (Å²) in [6, 6.07) is 8.90. The van der Waals surface area contributed by atoms with Gasteiger partial charge in [-0.15, -0.1) is 0 Å². The molecule has 2 heterocycles. The summed E-state index contributed by atoms with van der Waals surface area (Å²) in [6.45, 7) is 1.55. The monoisotopic (exact) mass is 379 g/mol. The molecule has 0 atom stereocenters. The molecule has 1 aliphatic rings. The number of hydrogen-bond donors (Lipinski definition) is 1. The summed E-state index contributed by atoms with van der Waals surface area (Å²) in [5, 5.41) is 4.11. The van der Waals surface area contributed by atoms with Crippen LogP contribution in [0.25, 0.3) is 0 Å². The Morgan fingerprint density at radius 3 is 2.56 bits per heavy atom. The normalized spacial score (nSPS) is 15.1. The van der Waals surface area contributed by atoms with Crippen molar-refractivity contribution in [2.45, 2.75) is 12.8 Å². The first-order valence-electron chi connectivity index (χ1n) is 8.07. The van der Waals surface area contributed by atoms with E-state index in [4.69, 9.17) is 27.9 Å². The molecule has 0 saturated carbocycles. The highest BCUT2D eigenvalue weighted by Gasteiger charge is 2.26. The Hall–Kier alpha value is -1.98. The molecule has 2 aromatic rings. The number of piperidine rings is 1. The van der Waals surface area contributed by atoms with Crippen LogP contribution in [0, 0.1) is 5.92 Å². The number of rotatable bonds is 4. The van der Waals surface area contributed by atoms with E-state index in [1.165, 1.54) is 0 Å². The maximum absolute atomic E-state index is 12.6. The fourth-order valence-corrected chi connectivity index (χ4v) is 3.22. The van der Waals surface area contributed by atoms with E-state index in [9.17, 15) is 4.79 Å². The number of methoxy groups -OCH3 is 1. The SMILES string of the molecule is COc1ccc(Cl)cc1NC(=O)C1CCN(c2ccc(Cl)cn2)CC1. The van der Waals surface area contributed by atoms with Crippen LogP contribution >= 0.6 is 23.2 Å². The van der Waals surface area contributed by atoms with Crippen LogP contribution in [0.5, 0.6) is 5.75 Å². The van der Waals surface area contributed by atoms with E-state index in [1.54, 1.807) is 31.5 Å². The molecule has 0 radical (unpaired) electrons. The second-order valence-electron chi connectivity index (χ2n) is 5.93. The molecule has 1 saturated heterocycles. The molecule has 25 heavy (non-hydrogen) atoms. The second kappa shape index (κ2) is 7.93. The zero-order valence-electron chi connectivity index (χ0n) is 13.8. The van der Waals surface area contributed by atoms with Gasteiger partial charge in [0.2, 0.25) is 5.91 Å². The van der Waals surface area contributed by atoms with Crippen molar-refractivity contribution in [3.63, 3.8) is 0 Å². The standard InChI is InChI=1S/C18H19Cl2N3O2/c1-25-16-4-2-13(19)10-15(16)22-18(24)12-6-8-23(9-7-12)17-5-3-14(20)11-21-17/h2-5,10-12H,6-9H2,1H3,(H,22,24). The minimum atomic E-state index is -0.0489. The number of carbonyl (C=O) groups excluding carboxylic acids is 1. The zero-order chi connectivity index (χ0) is 17.8. The fraction of sp³-hybridized carbons (Fsp3) is 0.333. The van der Waals surface area contributed by atoms with Crippen molar-refractivity contribution in [2.75, 3.05) is 30.4 Å². The van der Waals surface area contributed by atoms with Gasteiger partial charge in [0.15, 0.2) is 0 Å². The van der Waals surface area contributed by atoms with Gasteiger partial charge < -0.3 is 15.0 Å². The molecule has 1 aromatic heterocycles. The van der Waals surface area contributed by atoms with Gasteiger partial charge >= 0.3 is 0 Å². The lowest BCUT2D eigenvalue weighted by Crippen LogP contribution is -2.38. The van der Waals surface area contributed by atoms with Gasteiger partial charge in [0.1, 0.15) is 11.6 Å². The summed E-state index contributed by atoms with van der Waals surface area (Å²) < 4.78 is 5.27. The summed E-state index contributed by atoms with van der Waals surface area (Å²) in [6.07, 6.45) is 3.17. The highest BCUT2D eigenvalue weighted by molar-refractivity contribution is 6.31. The minimum Gasteiger partial charge on any atom is -0.495 e. The van der Waals surface area contributed by atoms with E-state index in [1.807, 2.05) is 12.1 Å². The quantitative estimate of drug-likeness (QED) is 0.862. The molecular formula is C18H19Cl2N3O2. The molecule has 132 valence electrons. The molecule has 0 spiro atoms. The molecule has 5 nitrogen and oxygen atoms in total. The van der Waals surface area contributed by atoms with E-state index in [0.29, 0.717) is 21.5 Å². The summed E-state index contributed by atoms with van der Waals surface area (Å²) in [5.74, 6) is 1.43. The number of ether oxygens (including phenoxy) is 1. The average Bonchev–Trinajstić information content (AvgIpc) is 2.63. The topological polar surface area (TPSA) is 54.5 Å². The highest BCUT2D eigenvalue weighted by Crippen LogP contribution is 2.29. The van der Waals surface area contributed by atoms with Crippen LogP contribution in [0.1, 0.15) is 12.8 Å². The number of halogens is 2. The van der Waals surface area contributed by atoms with Gasteiger partial charge in [-0.1, -0.05) is 23.2 Å². The Balaban J connectivity index is 1.60. The Labute approximate surface area is 156 Å². The number of pyridine rings is 1. The summed E-state index contributed by atoms with van der Waals surface area (Å²) >= 11 is 11.9. The fourth-order valence-electron chi connectivity index (χ4n) is 2.94. The van der Waals surface area contributed by atoms with E-state index in [-0.39, 0.29) is 11.8 Å². The van der Waals surface area contributed by atoms with Gasteiger partial charge in [-0.3, -0.25) is 4.79 Å². The largest absolute Gasteiger partial charge is 0.495 e. The summed E-state index contributed by atoms with van der Waals surface area (Å²) in [7, 11) is 1.57. The van der Waals surface area contributed by atoms with Gasteiger partial charge in [0, 0.05) is 30.2 Å². The number of aromatic nitrogens is 1. The first-order chi connectivity index (χ1) is 12.1. The van der Waals surface area contributed by atoms with Crippen molar-refractivity contribution in [3.05, 3.63) is 46.6 Å². The third kappa shape index (κ3) is 4.35. The predicted molar refractivity (Wildman–Crippen MR) is 101 cm³/mol.